The van der Waals surface area contributed by atoms with E-state index in [1.54, 1.807) is 4.90 Å². The molecule has 0 unspecified atom stereocenters. The molecule has 0 radical (unpaired) electrons. The summed E-state index contributed by atoms with van der Waals surface area (Å²) in [4.78, 5) is 23.9. The fraction of sp³-hybridized carbons (Fsp3) is 0.750. The van der Waals surface area contributed by atoms with Gasteiger partial charge >= 0.3 is 5.97 Å². The molecule has 0 aromatic heterocycles. The van der Waals surface area contributed by atoms with E-state index in [9.17, 15) is 9.59 Å². The minimum atomic E-state index is -0.178. The SMILES string of the molecule is CC(=O)N1C[C@H](I)[C@H]2OC(=O)C[C@H]21. The molecule has 3 atom stereocenters. The normalized spacial score (nSPS) is 37.5. The molecular formula is C8H10INO3. The van der Waals surface area contributed by atoms with Crippen molar-refractivity contribution in [1.82, 2.24) is 4.90 Å². The summed E-state index contributed by atoms with van der Waals surface area (Å²) in [6.07, 6.45) is 0.293. The first kappa shape index (κ1) is 9.23. The van der Waals surface area contributed by atoms with E-state index in [1.807, 2.05) is 0 Å². The molecule has 0 aromatic carbocycles. The summed E-state index contributed by atoms with van der Waals surface area (Å²) in [5, 5.41) is 0. The maximum absolute atomic E-state index is 11.2. The van der Waals surface area contributed by atoms with Crippen LogP contribution in [0.5, 0.6) is 0 Å². The summed E-state index contributed by atoms with van der Waals surface area (Å²) in [7, 11) is 0. The van der Waals surface area contributed by atoms with Crippen LogP contribution in [0, 0.1) is 0 Å². The number of hydrogen-bond acceptors (Lipinski definition) is 3. The first-order valence-electron chi connectivity index (χ1n) is 4.20. The molecule has 2 heterocycles. The van der Waals surface area contributed by atoms with Gasteiger partial charge in [0.05, 0.1) is 16.4 Å². The topological polar surface area (TPSA) is 46.6 Å². The Balaban J connectivity index is 2.19. The predicted octanol–water partition coefficient (Wildman–Crippen LogP) is 0.336. The fourth-order valence-corrected chi connectivity index (χ4v) is 3.01. The number of fused-ring (bicyclic) bond motifs is 1. The number of halogens is 1. The Hall–Kier alpha value is -0.330. The van der Waals surface area contributed by atoms with Crippen LogP contribution >= 0.6 is 22.6 Å². The van der Waals surface area contributed by atoms with Gasteiger partial charge < -0.3 is 9.64 Å². The second-order valence-corrected chi connectivity index (χ2v) is 5.01. The molecule has 0 N–H and O–H groups in total. The molecule has 5 heteroatoms. The molecule has 2 rings (SSSR count). The summed E-state index contributed by atoms with van der Waals surface area (Å²) in [6, 6.07) is -0.00750. The van der Waals surface area contributed by atoms with Gasteiger partial charge in [0.25, 0.3) is 0 Å². The van der Waals surface area contributed by atoms with E-state index >= 15 is 0 Å². The van der Waals surface area contributed by atoms with Crippen molar-refractivity contribution in [1.29, 1.82) is 0 Å². The van der Waals surface area contributed by atoms with Gasteiger partial charge in [0, 0.05) is 13.5 Å². The summed E-state index contributed by atoms with van der Waals surface area (Å²) in [5.41, 5.74) is 0. The van der Waals surface area contributed by atoms with Gasteiger partial charge in [-0.2, -0.15) is 0 Å². The maximum Gasteiger partial charge on any atom is 0.308 e. The third kappa shape index (κ3) is 1.43. The van der Waals surface area contributed by atoms with Gasteiger partial charge in [-0.05, 0) is 0 Å². The first-order chi connectivity index (χ1) is 6.09. The highest BCUT2D eigenvalue weighted by Gasteiger charge is 2.49. The van der Waals surface area contributed by atoms with Crippen LogP contribution in [0.2, 0.25) is 0 Å². The standard InChI is InChI=1S/C8H10INO3/c1-4(11)10-3-5(9)8-6(10)2-7(12)13-8/h5-6,8H,2-3H2,1H3/t5-,6+,8+/m0/s1. The van der Waals surface area contributed by atoms with E-state index < -0.39 is 0 Å². The number of alkyl halides is 1. The van der Waals surface area contributed by atoms with Gasteiger partial charge in [-0.25, -0.2) is 0 Å². The smallest absolute Gasteiger partial charge is 0.308 e. The lowest BCUT2D eigenvalue weighted by molar-refractivity contribution is -0.141. The Morgan fingerprint density at radius 3 is 3.00 bits per heavy atom. The maximum atomic E-state index is 11.2. The van der Waals surface area contributed by atoms with E-state index in [0.717, 1.165) is 0 Å². The average Bonchev–Trinajstić information content (AvgIpc) is 2.51. The molecule has 0 spiro atoms. The van der Waals surface area contributed by atoms with Gasteiger partial charge in [0.15, 0.2) is 0 Å². The monoisotopic (exact) mass is 295 g/mol. The summed E-state index contributed by atoms with van der Waals surface area (Å²) in [6.45, 7) is 2.24. The zero-order valence-corrected chi connectivity index (χ0v) is 9.35. The summed E-state index contributed by atoms with van der Waals surface area (Å²) >= 11 is 2.24. The van der Waals surface area contributed by atoms with Crippen LogP contribution in [0.1, 0.15) is 13.3 Å². The number of ether oxygens (including phenoxy) is 1. The highest BCUT2D eigenvalue weighted by molar-refractivity contribution is 14.1. The number of carbonyl (C=O) groups is 2. The van der Waals surface area contributed by atoms with Crippen LogP contribution < -0.4 is 0 Å². The van der Waals surface area contributed by atoms with Crippen molar-refractivity contribution in [3.8, 4) is 0 Å². The number of carbonyl (C=O) groups excluding carboxylic acids is 2. The highest BCUT2D eigenvalue weighted by Crippen LogP contribution is 2.33. The van der Waals surface area contributed by atoms with E-state index in [0.29, 0.717) is 13.0 Å². The number of likely N-dealkylation sites (tertiary alicyclic amines) is 1. The number of esters is 1. The second kappa shape index (κ2) is 3.11. The molecule has 0 aliphatic carbocycles. The lowest BCUT2D eigenvalue weighted by Crippen LogP contribution is -2.35. The van der Waals surface area contributed by atoms with Gasteiger partial charge in [-0.1, -0.05) is 22.6 Å². The van der Waals surface area contributed by atoms with Crippen molar-refractivity contribution in [2.24, 2.45) is 0 Å². The molecule has 1 amide bonds. The van der Waals surface area contributed by atoms with Crippen molar-refractivity contribution in [2.75, 3.05) is 6.54 Å². The van der Waals surface area contributed by atoms with Crippen LogP contribution in [0.25, 0.3) is 0 Å². The van der Waals surface area contributed by atoms with Crippen molar-refractivity contribution in [3.05, 3.63) is 0 Å². The molecule has 2 aliphatic rings. The van der Waals surface area contributed by atoms with Gasteiger partial charge in [0.1, 0.15) is 6.10 Å². The summed E-state index contributed by atoms with van der Waals surface area (Å²) < 4.78 is 5.39. The van der Waals surface area contributed by atoms with Crippen molar-refractivity contribution < 1.29 is 14.3 Å². The van der Waals surface area contributed by atoms with Crippen LogP contribution in [0.15, 0.2) is 0 Å². The van der Waals surface area contributed by atoms with Crippen LogP contribution in [0.3, 0.4) is 0 Å². The highest BCUT2D eigenvalue weighted by atomic mass is 127. The van der Waals surface area contributed by atoms with Crippen molar-refractivity contribution >= 4 is 34.5 Å². The Kier molecular flexibility index (Phi) is 2.21. The molecule has 0 saturated carbocycles. The van der Waals surface area contributed by atoms with Gasteiger partial charge in [-0.15, -0.1) is 0 Å². The Labute approximate surface area is 89.7 Å². The van der Waals surface area contributed by atoms with Crippen molar-refractivity contribution in [2.45, 2.75) is 29.4 Å². The first-order valence-corrected chi connectivity index (χ1v) is 5.45. The minimum Gasteiger partial charge on any atom is -0.459 e. The average molecular weight is 295 g/mol. The molecule has 4 nitrogen and oxygen atoms in total. The Morgan fingerprint density at radius 1 is 1.69 bits per heavy atom. The van der Waals surface area contributed by atoms with Crippen LogP contribution in [-0.4, -0.2) is 39.4 Å². The molecular weight excluding hydrogens is 285 g/mol. The van der Waals surface area contributed by atoms with Crippen LogP contribution in [0.4, 0.5) is 0 Å². The van der Waals surface area contributed by atoms with E-state index in [-0.39, 0.29) is 27.9 Å². The number of rotatable bonds is 0. The number of hydrogen-bond donors (Lipinski definition) is 0. The number of amides is 1. The Morgan fingerprint density at radius 2 is 2.38 bits per heavy atom. The van der Waals surface area contributed by atoms with E-state index in [4.69, 9.17) is 4.74 Å². The lowest BCUT2D eigenvalue weighted by Gasteiger charge is -2.18. The molecule has 0 aromatic rings. The largest absolute Gasteiger partial charge is 0.459 e. The molecule has 2 aliphatic heterocycles. The Bertz CT molecular complexity index is 268. The third-order valence-corrected chi connectivity index (χ3v) is 3.66. The van der Waals surface area contributed by atoms with Gasteiger partial charge in [0.2, 0.25) is 5.91 Å². The fourth-order valence-electron chi connectivity index (χ4n) is 1.96. The molecule has 72 valence electrons. The quantitative estimate of drug-likeness (QED) is 0.368. The molecule has 2 saturated heterocycles. The predicted molar refractivity (Wildman–Crippen MR) is 53.5 cm³/mol. The molecule has 2 fully saturated rings. The zero-order valence-electron chi connectivity index (χ0n) is 7.20. The second-order valence-electron chi connectivity index (χ2n) is 3.41. The summed E-state index contributed by atoms with van der Waals surface area (Å²) in [5.74, 6) is -0.143. The zero-order chi connectivity index (χ0) is 9.59. The lowest BCUT2D eigenvalue weighted by atomic mass is 10.1. The van der Waals surface area contributed by atoms with E-state index in [2.05, 4.69) is 22.6 Å². The number of nitrogens with zero attached hydrogens (tertiary/aromatic N) is 1. The molecule has 13 heavy (non-hydrogen) atoms. The van der Waals surface area contributed by atoms with Crippen LogP contribution in [-0.2, 0) is 14.3 Å². The molecule has 0 bridgehead atoms. The minimum absolute atomic E-state index is 0.00750. The van der Waals surface area contributed by atoms with Crippen molar-refractivity contribution in [3.63, 3.8) is 0 Å². The third-order valence-electron chi connectivity index (χ3n) is 2.55. The van der Waals surface area contributed by atoms with Gasteiger partial charge in [-0.3, -0.25) is 9.59 Å². The van der Waals surface area contributed by atoms with E-state index in [1.165, 1.54) is 6.92 Å².